The fraction of sp³-hybridized carbons (Fsp3) is 0.556. The van der Waals surface area contributed by atoms with Gasteiger partial charge in [0.25, 0.3) is 0 Å². The van der Waals surface area contributed by atoms with Crippen molar-refractivity contribution >= 4 is 11.9 Å². The van der Waals surface area contributed by atoms with Crippen molar-refractivity contribution in [2.75, 3.05) is 6.61 Å². The fourth-order valence-corrected chi connectivity index (χ4v) is 0.679. The molecule has 80 valence electrons. The first kappa shape index (κ1) is 12.6. The molecule has 14 heavy (non-hydrogen) atoms. The van der Waals surface area contributed by atoms with Crippen LogP contribution in [0.2, 0.25) is 0 Å². The van der Waals surface area contributed by atoms with E-state index in [1.54, 1.807) is 6.92 Å². The third-order valence-corrected chi connectivity index (χ3v) is 1.42. The summed E-state index contributed by atoms with van der Waals surface area (Å²) in [5.41, 5.74) is -0.0944. The van der Waals surface area contributed by atoms with Crippen molar-refractivity contribution in [2.24, 2.45) is 0 Å². The highest BCUT2D eigenvalue weighted by Crippen LogP contribution is 2.02. The average Bonchev–Trinajstić information content (AvgIpc) is 2.01. The van der Waals surface area contributed by atoms with Gasteiger partial charge in [-0.2, -0.15) is 0 Å². The minimum absolute atomic E-state index is 0.0646. The minimum atomic E-state index is -1.12. The van der Waals surface area contributed by atoms with Gasteiger partial charge in [0.05, 0.1) is 19.1 Å². The predicted molar refractivity (Wildman–Crippen MR) is 48.6 cm³/mol. The maximum atomic E-state index is 11.0. The molecule has 0 bridgehead atoms. The second-order valence-electron chi connectivity index (χ2n) is 2.95. The summed E-state index contributed by atoms with van der Waals surface area (Å²) >= 11 is 0. The molecule has 5 heteroatoms. The SMILES string of the molecule is C=C(CC(=O)O)C(=O)OCCC(C)O. The molecule has 0 radical (unpaired) electrons. The first-order valence-corrected chi connectivity index (χ1v) is 4.18. The lowest BCUT2D eigenvalue weighted by molar-refractivity contribution is -0.143. The van der Waals surface area contributed by atoms with E-state index in [0.29, 0.717) is 6.42 Å². The Balaban J connectivity index is 3.74. The molecule has 2 N–H and O–H groups in total. The zero-order chi connectivity index (χ0) is 11.1. The van der Waals surface area contributed by atoms with Crippen LogP contribution < -0.4 is 0 Å². The summed E-state index contributed by atoms with van der Waals surface area (Å²) in [7, 11) is 0. The van der Waals surface area contributed by atoms with Crippen molar-refractivity contribution in [2.45, 2.75) is 25.9 Å². The normalized spacial score (nSPS) is 11.9. The minimum Gasteiger partial charge on any atom is -0.481 e. The molecule has 0 saturated heterocycles. The maximum Gasteiger partial charge on any atom is 0.333 e. The van der Waals surface area contributed by atoms with E-state index in [2.05, 4.69) is 11.3 Å². The van der Waals surface area contributed by atoms with Crippen LogP contribution in [0.15, 0.2) is 12.2 Å². The van der Waals surface area contributed by atoms with Crippen LogP contribution in [-0.2, 0) is 14.3 Å². The Morgan fingerprint density at radius 1 is 1.50 bits per heavy atom. The molecule has 5 nitrogen and oxygen atoms in total. The Kier molecular flexibility index (Phi) is 5.55. The van der Waals surface area contributed by atoms with E-state index in [9.17, 15) is 9.59 Å². The molecular formula is C9H14O5. The lowest BCUT2D eigenvalue weighted by Gasteiger charge is -2.06. The number of ether oxygens (including phenoxy) is 1. The Morgan fingerprint density at radius 3 is 2.50 bits per heavy atom. The number of aliphatic hydroxyl groups excluding tert-OH is 1. The number of aliphatic hydroxyl groups is 1. The zero-order valence-electron chi connectivity index (χ0n) is 8.02. The predicted octanol–water partition coefficient (Wildman–Crippen LogP) is 0.331. The van der Waals surface area contributed by atoms with E-state index in [0.717, 1.165) is 0 Å². The van der Waals surface area contributed by atoms with Crippen molar-refractivity contribution < 1.29 is 24.5 Å². The Labute approximate surface area is 82.0 Å². The van der Waals surface area contributed by atoms with E-state index in [1.165, 1.54) is 0 Å². The van der Waals surface area contributed by atoms with Crippen LogP contribution in [0.5, 0.6) is 0 Å². The topological polar surface area (TPSA) is 83.8 Å². The number of aliphatic carboxylic acids is 1. The molecule has 1 unspecified atom stereocenters. The van der Waals surface area contributed by atoms with E-state index in [1.807, 2.05) is 0 Å². The number of esters is 1. The standard InChI is InChI=1S/C9H14O5/c1-6(5-8(11)12)9(13)14-4-3-7(2)10/h7,10H,1,3-5H2,2H3,(H,11,12). The van der Waals surface area contributed by atoms with Crippen molar-refractivity contribution in [3.63, 3.8) is 0 Å². The molecule has 0 aromatic heterocycles. The molecule has 0 aromatic carbocycles. The summed E-state index contributed by atoms with van der Waals surface area (Å²) in [5.74, 6) is -1.85. The average molecular weight is 202 g/mol. The molecule has 0 rings (SSSR count). The second-order valence-corrected chi connectivity index (χ2v) is 2.95. The van der Waals surface area contributed by atoms with Crippen LogP contribution in [0.25, 0.3) is 0 Å². The van der Waals surface area contributed by atoms with Gasteiger partial charge in [0, 0.05) is 12.0 Å². The third-order valence-electron chi connectivity index (χ3n) is 1.42. The van der Waals surface area contributed by atoms with Gasteiger partial charge < -0.3 is 14.9 Å². The quantitative estimate of drug-likeness (QED) is 0.479. The van der Waals surface area contributed by atoms with Crippen molar-refractivity contribution in [3.05, 3.63) is 12.2 Å². The van der Waals surface area contributed by atoms with Gasteiger partial charge in [-0.3, -0.25) is 4.79 Å². The van der Waals surface area contributed by atoms with Crippen LogP contribution in [0.4, 0.5) is 0 Å². The summed E-state index contributed by atoms with van der Waals surface area (Å²) in [5, 5.41) is 17.2. The fourth-order valence-electron chi connectivity index (χ4n) is 0.679. The lowest BCUT2D eigenvalue weighted by atomic mass is 10.2. The summed E-state index contributed by atoms with van der Waals surface area (Å²) in [6.45, 7) is 4.91. The van der Waals surface area contributed by atoms with Gasteiger partial charge in [-0.15, -0.1) is 0 Å². The highest BCUT2D eigenvalue weighted by atomic mass is 16.5. The number of hydrogen-bond donors (Lipinski definition) is 2. The molecule has 0 heterocycles. The van der Waals surface area contributed by atoms with Gasteiger partial charge in [-0.25, -0.2) is 4.79 Å². The zero-order valence-corrected chi connectivity index (χ0v) is 8.02. The molecule has 1 atom stereocenters. The van der Waals surface area contributed by atoms with Gasteiger partial charge in [-0.1, -0.05) is 6.58 Å². The van der Waals surface area contributed by atoms with Crippen LogP contribution in [0.1, 0.15) is 19.8 Å². The van der Waals surface area contributed by atoms with Gasteiger partial charge >= 0.3 is 11.9 Å². The van der Waals surface area contributed by atoms with Crippen molar-refractivity contribution in [1.29, 1.82) is 0 Å². The monoisotopic (exact) mass is 202 g/mol. The second kappa shape index (κ2) is 6.15. The molecule has 0 aliphatic carbocycles. The van der Waals surface area contributed by atoms with Gasteiger partial charge in [0.2, 0.25) is 0 Å². The third kappa shape index (κ3) is 6.19. The molecule has 0 spiro atoms. The smallest absolute Gasteiger partial charge is 0.333 e. The summed E-state index contributed by atoms with van der Waals surface area (Å²) in [4.78, 5) is 21.2. The molecular weight excluding hydrogens is 188 g/mol. The Morgan fingerprint density at radius 2 is 2.07 bits per heavy atom. The summed E-state index contributed by atoms with van der Waals surface area (Å²) in [6.07, 6.45) is -0.643. The molecule has 0 aliphatic heterocycles. The van der Waals surface area contributed by atoms with E-state index in [4.69, 9.17) is 10.2 Å². The van der Waals surface area contributed by atoms with E-state index in [-0.39, 0.29) is 12.2 Å². The Hall–Kier alpha value is -1.36. The van der Waals surface area contributed by atoms with Crippen LogP contribution in [0.3, 0.4) is 0 Å². The van der Waals surface area contributed by atoms with Gasteiger partial charge in [-0.05, 0) is 6.92 Å². The Bertz CT molecular complexity index is 231. The number of carboxylic acids is 1. The molecule has 0 aliphatic rings. The van der Waals surface area contributed by atoms with E-state index < -0.39 is 24.5 Å². The largest absolute Gasteiger partial charge is 0.481 e. The van der Waals surface area contributed by atoms with E-state index >= 15 is 0 Å². The molecule has 0 amide bonds. The highest BCUT2D eigenvalue weighted by molar-refractivity contribution is 5.92. The van der Waals surface area contributed by atoms with Gasteiger partial charge in [0.15, 0.2) is 0 Å². The van der Waals surface area contributed by atoms with Crippen LogP contribution >= 0.6 is 0 Å². The molecule has 0 aromatic rings. The lowest BCUT2D eigenvalue weighted by Crippen LogP contribution is -2.13. The molecule has 0 fully saturated rings. The number of carbonyl (C=O) groups excluding carboxylic acids is 1. The first-order chi connectivity index (χ1) is 6.43. The number of hydrogen-bond acceptors (Lipinski definition) is 4. The first-order valence-electron chi connectivity index (χ1n) is 4.18. The van der Waals surface area contributed by atoms with Crippen LogP contribution in [-0.4, -0.2) is 34.9 Å². The maximum absolute atomic E-state index is 11.0. The molecule has 0 saturated carbocycles. The summed E-state index contributed by atoms with van der Waals surface area (Å²) < 4.78 is 4.65. The van der Waals surface area contributed by atoms with Crippen LogP contribution in [0, 0.1) is 0 Å². The summed E-state index contributed by atoms with van der Waals surface area (Å²) in [6, 6.07) is 0. The van der Waals surface area contributed by atoms with Crippen molar-refractivity contribution in [1.82, 2.24) is 0 Å². The number of carbonyl (C=O) groups is 2. The van der Waals surface area contributed by atoms with Gasteiger partial charge in [0.1, 0.15) is 0 Å². The number of carboxylic acid groups (broad SMARTS) is 1. The highest BCUT2D eigenvalue weighted by Gasteiger charge is 2.12. The van der Waals surface area contributed by atoms with Crippen molar-refractivity contribution in [3.8, 4) is 0 Å². The number of rotatable bonds is 6.